The third-order valence-corrected chi connectivity index (χ3v) is 4.92. The Hall–Kier alpha value is -0.410. The zero-order valence-electron chi connectivity index (χ0n) is 11.8. The first kappa shape index (κ1) is 15.0. The van der Waals surface area contributed by atoms with E-state index in [1.54, 1.807) is 6.07 Å². The van der Waals surface area contributed by atoms with Crippen molar-refractivity contribution in [1.29, 1.82) is 0 Å². The number of rotatable bonds is 7. The third kappa shape index (κ3) is 4.03. The molecule has 0 amide bonds. The largest absolute Gasteiger partial charge is 0.313 e. The molecule has 106 valence electrons. The summed E-state index contributed by atoms with van der Waals surface area (Å²) in [6.07, 6.45) is 5.59. The second-order valence-electron chi connectivity index (χ2n) is 5.77. The zero-order chi connectivity index (χ0) is 13.9. The fourth-order valence-electron chi connectivity index (χ4n) is 2.53. The lowest BCUT2D eigenvalue weighted by Gasteiger charge is -2.32. The van der Waals surface area contributed by atoms with E-state index in [-0.39, 0.29) is 11.2 Å². The highest BCUT2D eigenvalue weighted by atomic mass is 79.9. The maximum atomic E-state index is 14.0. The average Bonchev–Trinajstić information content (AvgIpc) is 3.21. The van der Waals surface area contributed by atoms with E-state index in [1.165, 1.54) is 12.8 Å². The Kier molecular flexibility index (Phi) is 5.02. The molecule has 1 aliphatic rings. The van der Waals surface area contributed by atoms with Gasteiger partial charge in [0.15, 0.2) is 0 Å². The van der Waals surface area contributed by atoms with E-state index in [2.05, 4.69) is 35.1 Å². The van der Waals surface area contributed by atoms with Gasteiger partial charge in [0, 0.05) is 17.1 Å². The predicted molar refractivity (Wildman–Crippen MR) is 81.8 cm³/mol. The van der Waals surface area contributed by atoms with Crippen LogP contribution in [-0.4, -0.2) is 12.6 Å². The maximum Gasteiger partial charge on any atom is 0.127 e. The van der Waals surface area contributed by atoms with Crippen LogP contribution in [0.4, 0.5) is 4.39 Å². The first-order valence-corrected chi connectivity index (χ1v) is 8.05. The maximum absolute atomic E-state index is 14.0. The molecule has 3 heteroatoms. The molecular formula is C16H23BrFN. The van der Waals surface area contributed by atoms with Crippen molar-refractivity contribution in [3.8, 4) is 0 Å². The first-order chi connectivity index (χ1) is 9.08. The van der Waals surface area contributed by atoms with Crippen LogP contribution in [0, 0.1) is 11.2 Å². The van der Waals surface area contributed by atoms with E-state index < -0.39 is 0 Å². The molecule has 1 saturated carbocycles. The van der Waals surface area contributed by atoms with Crippen LogP contribution < -0.4 is 5.32 Å². The minimum atomic E-state index is -0.0907. The van der Waals surface area contributed by atoms with Gasteiger partial charge in [0.1, 0.15) is 5.82 Å². The fourth-order valence-corrected chi connectivity index (χ4v) is 2.86. The molecule has 1 aromatic carbocycles. The van der Waals surface area contributed by atoms with Gasteiger partial charge in [-0.3, -0.25) is 0 Å². The summed E-state index contributed by atoms with van der Waals surface area (Å²) in [5.74, 6) is -0.0907. The normalized spacial score (nSPS) is 15.8. The number of benzene rings is 1. The number of nitrogens with one attached hydrogen (secondary N) is 1. The smallest absolute Gasteiger partial charge is 0.127 e. The molecule has 0 aromatic heterocycles. The summed E-state index contributed by atoms with van der Waals surface area (Å²) in [5, 5.41) is 3.62. The summed E-state index contributed by atoms with van der Waals surface area (Å²) in [4.78, 5) is 0. The molecule has 1 fully saturated rings. The van der Waals surface area contributed by atoms with Crippen LogP contribution in [0.25, 0.3) is 0 Å². The van der Waals surface area contributed by atoms with E-state index in [9.17, 15) is 4.39 Å². The van der Waals surface area contributed by atoms with Crippen molar-refractivity contribution in [1.82, 2.24) is 5.32 Å². The lowest BCUT2D eigenvalue weighted by Crippen LogP contribution is -2.36. The van der Waals surface area contributed by atoms with Crippen LogP contribution in [0.2, 0.25) is 0 Å². The van der Waals surface area contributed by atoms with Crippen molar-refractivity contribution in [3.05, 3.63) is 34.1 Å². The molecule has 0 heterocycles. The Labute approximate surface area is 124 Å². The molecule has 1 nitrogen and oxygen atoms in total. The quantitative estimate of drug-likeness (QED) is 0.766. The molecule has 1 aliphatic carbocycles. The number of hydrogen-bond donors (Lipinski definition) is 1. The van der Waals surface area contributed by atoms with Crippen LogP contribution in [0.3, 0.4) is 0 Å². The minimum Gasteiger partial charge on any atom is -0.313 e. The lowest BCUT2D eigenvalue weighted by atomic mass is 9.76. The van der Waals surface area contributed by atoms with Gasteiger partial charge < -0.3 is 5.32 Å². The molecule has 0 bridgehead atoms. The van der Waals surface area contributed by atoms with Crippen LogP contribution in [-0.2, 0) is 6.42 Å². The number of halogens is 2. The van der Waals surface area contributed by atoms with Gasteiger partial charge in [-0.05, 0) is 55.2 Å². The summed E-state index contributed by atoms with van der Waals surface area (Å²) in [6.45, 7) is 5.43. The lowest BCUT2D eigenvalue weighted by molar-refractivity contribution is 0.243. The molecule has 0 spiro atoms. The van der Waals surface area contributed by atoms with Crippen molar-refractivity contribution in [2.75, 3.05) is 6.54 Å². The standard InChI is InChI=1S/C16H23BrFN/c1-3-16(4-2,11-19-14-7-8-14)10-12-5-6-13(17)9-15(12)18/h5-6,9,14,19H,3-4,7-8,10-11H2,1-2H3. The van der Waals surface area contributed by atoms with Crippen molar-refractivity contribution in [2.24, 2.45) is 5.41 Å². The average molecular weight is 328 g/mol. The van der Waals surface area contributed by atoms with Crippen LogP contribution in [0.5, 0.6) is 0 Å². The first-order valence-electron chi connectivity index (χ1n) is 7.26. The van der Waals surface area contributed by atoms with E-state index >= 15 is 0 Å². The minimum absolute atomic E-state index is 0.0907. The van der Waals surface area contributed by atoms with Crippen molar-refractivity contribution >= 4 is 15.9 Å². The van der Waals surface area contributed by atoms with E-state index in [0.717, 1.165) is 35.8 Å². The molecule has 0 atom stereocenters. The molecule has 0 aliphatic heterocycles. The number of hydrogen-bond acceptors (Lipinski definition) is 1. The highest BCUT2D eigenvalue weighted by Crippen LogP contribution is 2.33. The second-order valence-corrected chi connectivity index (χ2v) is 6.69. The summed E-state index contributed by atoms with van der Waals surface area (Å²) in [6, 6.07) is 6.13. The molecule has 1 N–H and O–H groups in total. The summed E-state index contributed by atoms with van der Waals surface area (Å²) in [5.41, 5.74) is 1.02. The Morgan fingerprint density at radius 2 is 2.00 bits per heavy atom. The summed E-state index contributed by atoms with van der Waals surface area (Å²) < 4.78 is 14.8. The monoisotopic (exact) mass is 327 g/mol. The van der Waals surface area contributed by atoms with Gasteiger partial charge >= 0.3 is 0 Å². The molecule has 19 heavy (non-hydrogen) atoms. The van der Waals surface area contributed by atoms with Gasteiger partial charge in [0.25, 0.3) is 0 Å². The molecule has 2 rings (SSSR count). The van der Waals surface area contributed by atoms with Crippen molar-refractivity contribution < 1.29 is 4.39 Å². The van der Waals surface area contributed by atoms with Crippen LogP contribution in [0.15, 0.2) is 22.7 Å². The predicted octanol–water partition coefficient (Wildman–Crippen LogP) is 4.69. The van der Waals surface area contributed by atoms with Gasteiger partial charge in [-0.2, -0.15) is 0 Å². The Balaban J connectivity index is 2.09. The van der Waals surface area contributed by atoms with Crippen molar-refractivity contribution in [2.45, 2.75) is 52.0 Å². The molecule has 1 aromatic rings. The van der Waals surface area contributed by atoms with Crippen molar-refractivity contribution in [3.63, 3.8) is 0 Å². The highest BCUT2D eigenvalue weighted by Gasteiger charge is 2.30. The van der Waals surface area contributed by atoms with Crippen LogP contribution >= 0.6 is 15.9 Å². The molecule has 0 unspecified atom stereocenters. The third-order valence-electron chi connectivity index (χ3n) is 4.42. The Morgan fingerprint density at radius 1 is 1.32 bits per heavy atom. The van der Waals surface area contributed by atoms with E-state index in [1.807, 2.05) is 12.1 Å². The molecular weight excluding hydrogens is 305 g/mol. The Bertz CT molecular complexity index is 425. The van der Waals surface area contributed by atoms with E-state index in [0.29, 0.717) is 6.04 Å². The zero-order valence-corrected chi connectivity index (χ0v) is 13.4. The molecule has 0 radical (unpaired) electrons. The highest BCUT2D eigenvalue weighted by molar-refractivity contribution is 9.10. The summed E-state index contributed by atoms with van der Waals surface area (Å²) in [7, 11) is 0. The summed E-state index contributed by atoms with van der Waals surface area (Å²) >= 11 is 3.32. The van der Waals surface area contributed by atoms with E-state index in [4.69, 9.17) is 0 Å². The van der Waals surface area contributed by atoms with Gasteiger partial charge in [-0.1, -0.05) is 35.8 Å². The fraction of sp³-hybridized carbons (Fsp3) is 0.625. The van der Waals surface area contributed by atoms with Gasteiger partial charge in [-0.25, -0.2) is 4.39 Å². The van der Waals surface area contributed by atoms with Crippen LogP contribution in [0.1, 0.15) is 45.1 Å². The van der Waals surface area contributed by atoms with Gasteiger partial charge in [0.05, 0.1) is 0 Å². The molecule has 0 saturated heterocycles. The second kappa shape index (κ2) is 6.36. The van der Waals surface area contributed by atoms with Gasteiger partial charge in [0.2, 0.25) is 0 Å². The van der Waals surface area contributed by atoms with Gasteiger partial charge in [-0.15, -0.1) is 0 Å². The Morgan fingerprint density at radius 3 is 2.53 bits per heavy atom. The SMILES string of the molecule is CCC(CC)(CNC1CC1)Cc1ccc(Br)cc1F. The topological polar surface area (TPSA) is 12.0 Å².